The van der Waals surface area contributed by atoms with E-state index in [-0.39, 0.29) is 5.91 Å². The maximum atomic E-state index is 12.3. The third-order valence-electron chi connectivity index (χ3n) is 2.74. The average Bonchev–Trinajstić information content (AvgIpc) is 2.85. The highest BCUT2D eigenvalue weighted by Crippen LogP contribution is 2.24. The molecular weight excluding hydrogens is 330 g/mol. The van der Waals surface area contributed by atoms with E-state index in [0.717, 1.165) is 9.35 Å². The maximum Gasteiger partial charge on any atom is 0.264 e. The van der Waals surface area contributed by atoms with Crippen molar-refractivity contribution in [1.82, 2.24) is 4.90 Å². The molecule has 0 aliphatic rings. The second-order valence-electron chi connectivity index (χ2n) is 4.24. The Bertz CT molecular complexity index is 554. The number of hydrogen-bond donors (Lipinski definition) is 0. The SMILES string of the molecule is Cc1cc(C(=O)N(C)Cc2cc(Br)cs2)sc1C. The third-order valence-corrected chi connectivity index (χ3v) is 5.56. The molecule has 2 rings (SSSR count). The number of nitrogens with zero attached hydrogens (tertiary/aromatic N) is 1. The Labute approximate surface area is 123 Å². The second-order valence-corrected chi connectivity index (χ2v) is 7.41. The van der Waals surface area contributed by atoms with Crippen molar-refractivity contribution >= 4 is 44.5 Å². The number of halogens is 1. The monoisotopic (exact) mass is 343 g/mol. The van der Waals surface area contributed by atoms with E-state index in [4.69, 9.17) is 0 Å². The van der Waals surface area contributed by atoms with E-state index in [1.165, 1.54) is 15.3 Å². The first kappa shape index (κ1) is 13.8. The Hall–Kier alpha value is -0.650. The number of carbonyl (C=O) groups is 1. The molecule has 0 saturated carbocycles. The van der Waals surface area contributed by atoms with Gasteiger partial charge in [0, 0.05) is 26.7 Å². The third kappa shape index (κ3) is 3.02. The Kier molecular flexibility index (Phi) is 4.25. The molecule has 2 heterocycles. The molecule has 0 bridgehead atoms. The van der Waals surface area contributed by atoms with E-state index in [0.29, 0.717) is 6.54 Å². The van der Waals surface area contributed by atoms with Crippen LogP contribution in [-0.2, 0) is 6.54 Å². The molecule has 2 aromatic rings. The van der Waals surface area contributed by atoms with Gasteiger partial charge in [-0.05, 0) is 47.5 Å². The highest BCUT2D eigenvalue weighted by atomic mass is 79.9. The molecule has 0 aliphatic carbocycles. The van der Waals surface area contributed by atoms with Gasteiger partial charge in [-0.3, -0.25) is 4.79 Å². The lowest BCUT2D eigenvalue weighted by Gasteiger charge is -2.14. The molecule has 2 nitrogen and oxygen atoms in total. The van der Waals surface area contributed by atoms with Gasteiger partial charge < -0.3 is 4.90 Å². The van der Waals surface area contributed by atoms with Gasteiger partial charge in [0.05, 0.1) is 11.4 Å². The van der Waals surface area contributed by atoms with E-state index in [1.807, 2.05) is 32.3 Å². The summed E-state index contributed by atoms with van der Waals surface area (Å²) < 4.78 is 1.08. The molecule has 2 aromatic heterocycles. The summed E-state index contributed by atoms with van der Waals surface area (Å²) in [6.07, 6.45) is 0. The molecule has 5 heteroatoms. The van der Waals surface area contributed by atoms with Crippen LogP contribution in [0.15, 0.2) is 22.0 Å². The van der Waals surface area contributed by atoms with Crippen molar-refractivity contribution < 1.29 is 4.79 Å². The summed E-state index contributed by atoms with van der Waals surface area (Å²) in [5.41, 5.74) is 1.19. The van der Waals surface area contributed by atoms with Crippen molar-refractivity contribution in [2.75, 3.05) is 7.05 Å². The molecule has 0 aliphatic heterocycles. The fraction of sp³-hybridized carbons (Fsp3) is 0.308. The molecule has 0 N–H and O–H groups in total. The lowest BCUT2D eigenvalue weighted by molar-refractivity contribution is 0.0791. The first-order valence-electron chi connectivity index (χ1n) is 5.53. The fourth-order valence-electron chi connectivity index (χ4n) is 1.61. The largest absolute Gasteiger partial charge is 0.336 e. The van der Waals surface area contributed by atoms with Gasteiger partial charge in [-0.2, -0.15) is 0 Å². The molecule has 0 aromatic carbocycles. The predicted octanol–water partition coefficient (Wildman–Crippen LogP) is 4.46. The molecule has 18 heavy (non-hydrogen) atoms. The second kappa shape index (κ2) is 5.55. The quantitative estimate of drug-likeness (QED) is 0.805. The van der Waals surface area contributed by atoms with Crippen LogP contribution in [-0.4, -0.2) is 17.9 Å². The van der Waals surface area contributed by atoms with Crippen LogP contribution in [0.5, 0.6) is 0 Å². The topological polar surface area (TPSA) is 20.3 Å². The van der Waals surface area contributed by atoms with Crippen LogP contribution < -0.4 is 0 Å². The Balaban J connectivity index is 2.09. The Morgan fingerprint density at radius 1 is 1.39 bits per heavy atom. The predicted molar refractivity (Wildman–Crippen MR) is 81.6 cm³/mol. The van der Waals surface area contributed by atoms with E-state index in [9.17, 15) is 4.79 Å². The van der Waals surface area contributed by atoms with E-state index in [2.05, 4.69) is 22.0 Å². The van der Waals surface area contributed by atoms with Gasteiger partial charge in [0.1, 0.15) is 0 Å². The van der Waals surface area contributed by atoms with Crippen molar-refractivity contribution in [3.63, 3.8) is 0 Å². The highest BCUT2D eigenvalue weighted by molar-refractivity contribution is 9.10. The lowest BCUT2D eigenvalue weighted by Crippen LogP contribution is -2.24. The van der Waals surface area contributed by atoms with Gasteiger partial charge in [0.15, 0.2) is 0 Å². The van der Waals surface area contributed by atoms with Crippen molar-refractivity contribution in [3.05, 3.63) is 42.2 Å². The van der Waals surface area contributed by atoms with Crippen molar-refractivity contribution in [3.8, 4) is 0 Å². The molecule has 96 valence electrons. The van der Waals surface area contributed by atoms with E-state index < -0.39 is 0 Å². The number of rotatable bonds is 3. The van der Waals surface area contributed by atoms with Gasteiger partial charge >= 0.3 is 0 Å². The maximum absolute atomic E-state index is 12.3. The van der Waals surface area contributed by atoms with E-state index in [1.54, 1.807) is 27.6 Å². The first-order valence-corrected chi connectivity index (χ1v) is 8.01. The summed E-state index contributed by atoms with van der Waals surface area (Å²) in [6, 6.07) is 4.03. The molecular formula is C13H14BrNOS2. The number of aryl methyl sites for hydroxylation is 2. The summed E-state index contributed by atoms with van der Waals surface area (Å²) in [5, 5.41) is 2.03. The van der Waals surface area contributed by atoms with Crippen LogP contribution >= 0.6 is 38.6 Å². The van der Waals surface area contributed by atoms with Crippen LogP contribution in [0.25, 0.3) is 0 Å². The summed E-state index contributed by atoms with van der Waals surface area (Å²) in [6.45, 7) is 4.75. The van der Waals surface area contributed by atoms with Gasteiger partial charge in [0.2, 0.25) is 0 Å². The number of thiophene rings is 2. The summed E-state index contributed by atoms with van der Waals surface area (Å²) in [7, 11) is 1.85. The molecule has 0 atom stereocenters. The summed E-state index contributed by atoms with van der Waals surface area (Å²) in [5.74, 6) is 0.0979. The van der Waals surface area contributed by atoms with Crippen LogP contribution in [0.3, 0.4) is 0 Å². The van der Waals surface area contributed by atoms with Crippen LogP contribution in [0, 0.1) is 13.8 Å². The summed E-state index contributed by atoms with van der Waals surface area (Å²) in [4.78, 5) is 17.2. The van der Waals surface area contributed by atoms with E-state index >= 15 is 0 Å². The molecule has 0 saturated heterocycles. The molecule has 0 fully saturated rings. The zero-order chi connectivity index (χ0) is 13.3. The minimum Gasteiger partial charge on any atom is -0.336 e. The number of carbonyl (C=O) groups excluding carboxylic acids is 1. The number of amides is 1. The van der Waals surface area contributed by atoms with Gasteiger partial charge in [0.25, 0.3) is 5.91 Å². The smallest absolute Gasteiger partial charge is 0.264 e. The van der Waals surface area contributed by atoms with Gasteiger partial charge in [-0.15, -0.1) is 22.7 Å². The molecule has 1 amide bonds. The fourth-order valence-corrected chi connectivity index (χ4v) is 4.14. The standard InChI is InChI=1S/C13H14BrNOS2/c1-8-4-12(18-9(8)2)13(16)15(3)6-11-5-10(14)7-17-11/h4-5,7H,6H2,1-3H3. The number of hydrogen-bond acceptors (Lipinski definition) is 3. The highest BCUT2D eigenvalue weighted by Gasteiger charge is 2.15. The lowest BCUT2D eigenvalue weighted by atomic mass is 10.2. The van der Waals surface area contributed by atoms with Crippen LogP contribution in [0.2, 0.25) is 0 Å². The minimum atomic E-state index is 0.0979. The van der Waals surface area contributed by atoms with Gasteiger partial charge in [-0.1, -0.05) is 0 Å². The van der Waals surface area contributed by atoms with Crippen molar-refractivity contribution in [2.45, 2.75) is 20.4 Å². The molecule has 0 radical (unpaired) electrons. The zero-order valence-electron chi connectivity index (χ0n) is 10.5. The zero-order valence-corrected chi connectivity index (χ0v) is 13.7. The average molecular weight is 344 g/mol. The van der Waals surface area contributed by atoms with Crippen molar-refractivity contribution in [1.29, 1.82) is 0 Å². The normalized spacial score (nSPS) is 10.7. The van der Waals surface area contributed by atoms with Crippen LogP contribution in [0.1, 0.15) is 25.0 Å². The Morgan fingerprint density at radius 3 is 2.61 bits per heavy atom. The molecule has 0 spiro atoms. The van der Waals surface area contributed by atoms with Gasteiger partial charge in [-0.25, -0.2) is 0 Å². The van der Waals surface area contributed by atoms with Crippen molar-refractivity contribution in [2.24, 2.45) is 0 Å². The Morgan fingerprint density at radius 2 is 2.11 bits per heavy atom. The summed E-state index contributed by atoms with van der Waals surface area (Å²) >= 11 is 6.66. The minimum absolute atomic E-state index is 0.0979. The first-order chi connectivity index (χ1) is 8.47. The van der Waals surface area contributed by atoms with Crippen LogP contribution in [0.4, 0.5) is 0 Å². The molecule has 0 unspecified atom stereocenters.